The summed E-state index contributed by atoms with van der Waals surface area (Å²) >= 11 is 1.39. The van der Waals surface area contributed by atoms with Crippen LogP contribution in [0, 0.1) is 0 Å². The van der Waals surface area contributed by atoms with Gasteiger partial charge in [-0.15, -0.1) is 0 Å². The van der Waals surface area contributed by atoms with Gasteiger partial charge in [0.2, 0.25) is 0 Å². The molecule has 2 aromatic heterocycles. The van der Waals surface area contributed by atoms with Crippen LogP contribution in [-0.4, -0.2) is 31.3 Å². The van der Waals surface area contributed by atoms with Crippen LogP contribution in [-0.2, 0) is 7.05 Å². The van der Waals surface area contributed by atoms with Crippen molar-refractivity contribution in [3.05, 3.63) is 47.0 Å². The first-order valence-corrected chi connectivity index (χ1v) is 9.83. The van der Waals surface area contributed by atoms with Crippen molar-refractivity contribution in [1.82, 2.24) is 4.57 Å². The predicted molar refractivity (Wildman–Crippen MR) is 111 cm³/mol. The first-order chi connectivity index (χ1) is 14.0. The van der Waals surface area contributed by atoms with Gasteiger partial charge in [-0.05, 0) is 19.1 Å². The SMILES string of the molecule is CCOc1cccc2cc(C(=O)N=c3sc4cc(OC)c(OC)cc4n3C)oc12. The standard InChI is InChI=1S/C21H20N2O5S/c1-5-27-14-8-6-7-12-9-17(28-19(12)14)20(24)22-21-23(2)13-10-15(25-3)16(26-4)11-18(13)29-21/h6-11H,5H2,1-4H3. The molecule has 150 valence electrons. The number of fused-ring (bicyclic) bond motifs is 2. The summed E-state index contributed by atoms with van der Waals surface area (Å²) in [6.07, 6.45) is 0. The number of ether oxygens (including phenoxy) is 3. The molecule has 1 amide bonds. The third-order valence-electron chi connectivity index (χ3n) is 4.53. The number of furan rings is 1. The quantitative estimate of drug-likeness (QED) is 0.492. The number of rotatable bonds is 5. The molecule has 0 radical (unpaired) electrons. The molecule has 2 aromatic carbocycles. The Morgan fingerprint density at radius 3 is 2.62 bits per heavy atom. The van der Waals surface area contributed by atoms with E-state index < -0.39 is 5.91 Å². The highest BCUT2D eigenvalue weighted by Crippen LogP contribution is 2.33. The van der Waals surface area contributed by atoms with Gasteiger partial charge in [0.15, 0.2) is 33.4 Å². The second kappa shape index (κ2) is 7.63. The smallest absolute Gasteiger partial charge is 0.315 e. The summed E-state index contributed by atoms with van der Waals surface area (Å²) in [5.74, 6) is 1.56. The van der Waals surface area contributed by atoms with Crippen LogP contribution < -0.4 is 19.0 Å². The van der Waals surface area contributed by atoms with E-state index in [1.165, 1.54) is 11.3 Å². The topological polar surface area (TPSA) is 75.2 Å². The zero-order valence-corrected chi connectivity index (χ0v) is 17.3. The fourth-order valence-electron chi connectivity index (χ4n) is 3.11. The molecular formula is C21H20N2O5S. The Hall–Kier alpha value is -3.26. The van der Waals surface area contributed by atoms with Crippen LogP contribution in [0.15, 0.2) is 45.8 Å². The molecule has 29 heavy (non-hydrogen) atoms. The molecule has 4 rings (SSSR count). The molecule has 0 spiro atoms. The molecule has 0 atom stereocenters. The van der Waals surface area contributed by atoms with E-state index >= 15 is 0 Å². The molecule has 0 unspecified atom stereocenters. The Morgan fingerprint density at radius 1 is 1.14 bits per heavy atom. The van der Waals surface area contributed by atoms with Crippen LogP contribution >= 0.6 is 11.3 Å². The van der Waals surface area contributed by atoms with E-state index in [2.05, 4.69) is 4.99 Å². The van der Waals surface area contributed by atoms with Gasteiger partial charge in [0.25, 0.3) is 0 Å². The van der Waals surface area contributed by atoms with Gasteiger partial charge in [0.05, 0.1) is 31.0 Å². The van der Waals surface area contributed by atoms with Crippen molar-refractivity contribution in [2.45, 2.75) is 6.92 Å². The maximum Gasteiger partial charge on any atom is 0.315 e. The fourth-order valence-corrected chi connectivity index (χ4v) is 4.14. The van der Waals surface area contributed by atoms with Crippen molar-refractivity contribution in [1.29, 1.82) is 0 Å². The zero-order chi connectivity index (χ0) is 20.5. The third-order valence-corrected chi connectivity index (χ3v) is 5.63. The van der Waals surface area contributed by atoms with Gasteiger partial charge < -0.3 is 23.2 Å². The molecule has 0 bridgehead atoms. The van der Waals surface area contributed by atoms with Crippen LogP contribution in [0.3, 0.4) is 0 Å². The molecule has 0 saturated heterocycles. The van der Waals surface area contributed by atoms with E-state index in [-0.39, 0.29) is 5.76 Å². The molecule has 8 heteroatoms. The first kappa shape index (κ1) is 19.1. The summed E-state index contributed by atoms with van der Waals surface area (Å²) in [6, 6.07) is 11.0. The number of carbonyl (C=O) groups excluding carboxylic acids is 1. The Kier molecular flexibility index (Phi) is 5.02. The lowest BCUT2D eigenvalue weighted by atomic mass is 10.2. The summed E-state index contributed by atoms with van der Waals surface area (Å²) in [5.41, 5.74) is 1.44. The van der Waals surface area contributed by atoms with Gasteiger partial charge in [-0.1, -0.05) is 23.5 Å². The average molecular weight is 412 g/mol. The molecule has 0 aliphatic carbocycles. The largest absolute Gasteiger partial charge is 0.493 e. The maximum absolute atomic E-state index is 12.8. The number of amides is 1. The number of benzene rings is 2. The second-order valence-electron chi connectivity index (χ2n) is 6.25. The van der Waals surface area contributed by atoms with Gasteiger partial charge in [0, 0.05) is 24.6 Å². The summed E-state index contributed by atoms with van der Waals surface area (Å²) in [5, 5.41) is 0.796. The number of methoxy groups -OCH3 is 2. The number of thiazole rings is 1. The molecule has 0 fully saturated rings. The fraction of sp³-hybridized carbons (Fsp3) is 0.238. The zero-order valence-electron chi connectivity index (χ0n) is 16.5. The minimum Gasteiger partial charge on any atom is -0.493 e. The molecule has 0 saturated carbocycles. The van der Waals surface area contributed by atoms with Gasteiger partial charge in [0.1, 0.15) is 0 Å². The van der Waals surface area contributed by atoms with Gasteiger partial charge in [-0.25, -0.2) is 0 Å². The maximum atomic E-state index is 12.8. The molecule has 0 aliphatic rings. The van der Waals surface area contributed by atoms with E-state index in [9.17, 15) is 4.79 Å². The van der Waals surface area contributed by atoms with Gasteiger partial charge in [-0.2, -0.15) is 4.99 Å². The second-order valence-corrected chi connectivity index (χ2v) is 7.26. The highest BCUT2D eigenvalue weighted by atomic mass is 32.1. The van der Waals surface area contributed by atoms with Crippen molar-refractivity contribution in [3.63, 3.8) is 0 Å². The van der Waals surface area contributed by atoms with Crippen molar-refractivity contribution >= 4 is 38.4 Å². The first-order valence-electron chi connectivity index (χ1n) is 9.01. The van der Waals surface area contributed by atoms with Crippen LogP contribution in [0.4, 0.5) is 0 Å². The summed E-state index contributed by atoms with van der Waals surface area (Å²) in [4.78, 5) is 17.6. The Balaban J connectivity index is 1.79. The van der Waals surface area contributed by atoms with Crippen molar-refractivity contribution in [2.24, 2.45) is 12.0 Å². The van der Waals surface area contributed by atoms with Crippen LogP contribution in [0.5, 0.6) is 17.2 Å². The van der Waals surface area contributed by atoms with Crippen LogP contribution in [0.2, 0.25) is 0 Å². The molecule has 7 nitrogen and oxygen atoms in total. The van der Waals surface area contributed by atoms with Crippen molar-refractivity contribution in [3.8, 4) is 17.2 Å². The molecule has 4 aromatic rings. The number of para-hydroxylation sites is 1. The Morgan fingerprint density at radius 2 is 1.90 bits per heavy atom. The minimum absolute atomic E-state index is 0.166. The van der Waals surface area contributed by atoms with E-state index in [1.54, 1.807) is 20.3 Å². The summed E-state index contributed by atoms with van der Waals surface area (Å²) in [6.45, 7) is 2.41. The number of carbonyl (C=O) groups is 1. The minimum atomic E-state index is -0.454. The number of nitrogens with zero attached hydrogens (tertiary/aromatic N) is 2. The van der Waals surface area contributed by atoms with Gasteiger partial charge in [-0.3, -0.25) is 4.79 Å². The lowest BCUT2D eigenvalue weighted by molar-refractivity contribution is 0.0973. The lowest BCUT2D eigenvalue weighted by Gasteiger charge is -2.07. The third kappa shape index (κ3) is 3.36. The van der Waals surface area contributed by atoms with Crippen molar-refractivity contribution in [2.75, 3.05) is 20.8 Å². The number of aromatic nitrogens is 1. The lowest BCUT2D eigenvalue weighted by Crippen LogP contribution is -2.13. The van der Waals surface area contributed by atoms with Crippen LogP contribution in [0.1, 0.15) is 17.5 Å². The van der Waals surface area contributed by atoms with E-state index in [1.807, 2.05) is 48.9 Å². The molecule has 2 heterocycles. The van der Waals surface area contributed by atoms with Crippen molar-refractivity contribution < 1.29 is 23.4 Å². The Bertz CT molecular complexity index is 1280. The molecular weight excluding hydrogens is 392 g/mol. The number of hydrogen-bond acceptors (Lipinski definition) is 6. The number of hydrogen-bond donors (Lipinski definition) is 0. The molecule has 0 aliphatic heterocycles. The van der Waals surface area contributed by atoms with E-state index in [0.717, 1.165) is 15.6 Å². The average Bonchev–Trinajstić information content (AvgIpc) is 3.29. The predicted octanol–water partition coefficient (Wildman–Crippen LogP) is 4.14. The van der Waals surface area contributed by atoms with E-state index in [0.29, 0.717) is 34.2 Å². The summed E-state index contributed by atoms with van der Waals surface area (Å²) in [7, 11) is 5.02. The normalized spacial score (nSPS) is 11.9. The highest BCUT2D eigenvalue weighted by molar-refractivity contribution is 7.16. The van der Waals surface area contributed by atoms with Gasteiger partial charge >= 0.3 is 5.91 Å². The summed E-state index contributed by atoms with van der Waals surface area (Å²) < 4.78 is 24.8. The number of aryl methyl sites for hydroxylation is 1. The van der Waals surface area contributed by atoms with E-state index in [4.69, 9.17) is 18.6 Å². The van der Waals surface area contributed by atoms with Crippen LogP contribution in [0.25, 0.3) is 21.2 Å². The molecule has 0 N–H and O–H groups in total. The Labute approximate surface area is 170 Å². The highest BCUT2D eigenvalue weighted by Gasteiger charge is 2.16. The monoisotopic (exact) mass is 412 g/mol.